The summed E-state index contributed by atoms with van der Waals surface area (Å²) < 4.78 is 0. The Bertz CT molecular complexity index is 600. The Morgan fingerprint density at radius 2 is 1.68 bits per heavy atom. The number of anilines is 2. The lowest BCUT2D eigenvalue weighted by atomic mass is 10.2. The third kappa shape index (κ3) is 4.98. The van der Waals surface area contributed by atoms with Crippen LogP contribution in [0.1, 0.15) is 13.8 Å². The van der Waals surface area contributed by atoms with Crippen molar-refractivity contribution in [3.63, 3.8) is 0 Å². The number of amides is 4. The highest BCUT2D eigenvalue weighted by Crippen LogP contribution is 2.15. The number of hydrogen-bond acceptors (Lipinski definition) is 5. The molecule has 0 aromatic heterocycles. The minimum absolute atomic E-state index is 0.0342. The van der Waals surface area contributed by atoms with Gasteiger partial charge in [0.2, 0.25) is 11.8 Å². The highest BCUT2D eigenvalue weighted by molar-refractivity contribution is 6.41. The van der Waals surface area contributed by atoms with Crippen LogP contribution in [-0.2, 0) is 19.2 Å². The van der Waals surface area contributed by atoms with Gasteiger partial charge in [0.25, 0.3) is 0 Å². The zero-order chi connectivity index (χ0) is 16.7. The molecule has 1 aromatic carbocycles. The Hall–Kier alpha value is -2.74. The summed E-state index contributed by atoms with van der Waals surface area (Å²) in [6, 6.07) is 6.29. The SMILES string of the molecule is CC(=O)Nc1cccc(NC(=O)C(=O)N(CCN)C(C)=O)c1. The lowest BCUT2D eigenvalue weighted by Crippen LogP contribution is -2.44. The van der Waals surface area contributed by atoms with Crippen molar-refractivity contribution in [1.82, 2.24) is 4.90 Å². The molecule has 0 bridgehead atoms. The van der Waals surface area contributed by atoms with Gasteiger partial charge in [-0.15, -0.1) is 0 Å². The number of nitrogens with two attached hydrogens (primary N) is 1. The van der Waals surface area contributed by atoms with E-state index in [2.05, 4.69) is 10.6 Å². The van der Waals surface area contributed by atoms with Gasteiger partial charge in [-0.25, -0.2) is 0 Å². The smallest absolute Gasteiger partial charge is 0.318 e. The van der Waals surface area contributed by atoms with Crippen LogP contribution in [0, 0.1) is 0 Å². The van der Waals surface area contributed by atoms with E-state index in [1.807, 2.05) is 0 Å². The number of hydrogen-bond donors (Lipinski definition) is 3. The van der Waals surface area contributed by atoms with Gasteiger partial charge in [0.1, 0.15) is 0 Å². The average molecular weight is 306 g/mol. The number of nitrogens with one attached hydrogen (secondary N) is 2. The quantitative estimate of drug-likeness (QED) is 0.672. The Morgan fingerprint density at radius 3 is 2.18 bits per heavy atom. The lowest BCUT2D eigenvalue weighted by Gasteiger charge is -2.17. The maximum atomic E-state index is 11.9. The van der Waals surface area contributed by atoms with Crippen molar-refractivity contribution in [3.05, 3.63) is 24.3 Å². The first-order chi connectivity index (χ1) is 10.3. The van der Waals surface area contributed by atoms with E-state index in [4.69, 9.17) is 5.73 Å². The number of carbonyl (C=O) groups excluding carboxylic acids is 4. The second-order valence-corrected chi connectivity index (χ2v) is 4.48. The van der Waals surface area contributed by atoms with Gasteiger partial charge in [0.15, 0.2) is 0 Å². The largest absolute Gasteiger partial charge is 0.329 e. The fourth-order valence-corrected chi connectivity index (χ4v) is 1.72. The molecule has 0 spiro atoms. The molecule has 0 aliphatic carbocycles. The predicted octanol–water partition coefficient (Wildman–Crippen LogP) is -0.0827. The Balaban J connectivity index is 2.81. The third-order valence-corrected chi connectivity index (χ3v) is 2.61. The van der Waals surface area contributed by atoms with E-state index >= 15 is 0 Å². The second-order valence-electron chi connectivity index (χ2n) is 4.48. The Labute approximate surface area is 127 Å². The van der Waals surface area contributed by atoms with Crippen LogP contribution >= 0.6 is 0 Å². The molecule has 4 amide bonds. The van der Waals surface area contributed by atoms with Gasteiger partial charge in [-0.3, -0.25) is 24.1 Å². The van der Waals surface area contributed by atoms with E-state index in [1.54, 1.807) is 18.2 Å². The van der Waals surface area contributed by atoms with Crippen molar-refractivity contribution in [2.75, 3.05) is 23.7 Å². The van der Waals surface area contributed by atoms with Crippen LogP contribution in [0.3, 0.4) is 0 Å². The molecule has 8 nitrogen and oxygen atoms in total. The van der Waals surface area contributed by atoms with Crippen molar-refractivity contribution in [3.8, 4) is 0 Å². The first kappa shape index (κ1) is 17.3. The van der Waals surface area contributed by atoms with Gasteiger partial charge < -0.3 is 16.4 Å². The van der Waals surface area contributed by atoms with Crippen LogP contribution in [0.25, 0.3) is 0 Å². The molecule has 0 atom stereocenters. The van der Waals surface area contributed by atoms with Crippen molar-refractivity contribution < 1.29 is 19.2 Å². The molecule has 1 aromatic rings. The van der Waals surface area contributed by atoms with Gasteiger partial charge in [-0.2, -0.15) is 0 Å². The van der Waals surface area contributed by atoms with Gasteiger partial charge in [-0.1, -0.05) is 6.07 Å². The van der Waals surface area contributed by atoms with Crippen LogP contribution in [0.4, 0.5) is 11.4 Å². The minimum atomic E-state index is -0.983. The highest BCUT2D eigenvalue weighted by Gasteiger charge is 2.24. The Kier molecular flexibility index (Phi) is 6.21. The molecule has 0 fully saturated rings. The fraction of sp³-hybridized carbons (Fsp3) is 0.286. The standard InChI is InChI=1S/C14H18N4O4/c1-9(19)16-11-4-3-5-12(8-11)17-13(21)14(22)18(7-6-15)10(2)20/h3-5,8H,6-7,15H2,1-2H3,(H,16,19)(H,17,21). The van der Waals surface area contributed by atoms with E-state index in [9.17, 15) is 19.2 Å². The fourth-order valence-electron chi connectivity index (χ4n) is 1.72. The van der Waals surface area contributed by atoms with Crippen LogP contribution in [0.5, 0.6) is 0 Å². The highest BCUT2D eigenvalue weighted by atomic mass is 16.2. The number of imide groups is 1. The lowest BCUT2D eigenvalue weighted by molar-refractivity contribution is -0.149. The second kappa shape index (κ2) is 7.89. The van der Waals surface area contributed by atoms with Crippen LogP contribution in [-0.4, -0.2) is 41.6 Å². The van der Waals surface area contributed by atoms with Gasteiger partial charge in [0.05, 0.1) is 0 Å². The zero-order valence-corrected chi connectivity index (χ0v) is 12.4. The number of benzene rings is 1. The van der Waals surface area contributed by atoms with Crippen molar-refractivity contribution in [2.45, 2.75) is 13.8 Å². The van der Waals surface area contributed by atoms with E-state index in [0.29, 0.717) is 11.4 Å². The first-order valence-electron chi connectivity index (χ1n) is 6.56. The zero-order valence-electron chi connectivity index (χ0n) is 12.4. The summed E-state index contributed by atoms with van der Waals surface area (Å²) in [6.07, 6.45) is 0. The summed E-state index contributed by atoms with van der Waals surface area (Å²) in [5.41, 5.74) is 6.10. The van der Waals surface area contributed by atoms with Crippen molar-refractivity contribution in [1.29, 1.82) is 0 Å². The van der Waals surface area contributed by atoms with Gasteiger partial charge in [0, 0.05) is 38.3 Å². The monoisotopic (exact) mass is 306 g/mol. The Morgan fingerprint density at radius 1 is 1.09 bits per heavy atom. The van der Waals surface area contributed by atoms with Crippen molar-refractivity contribution in [2.24, 2.45) is 5.73 Å². The number of nitrogens with zero attached hydrogens (tertiary/aromatic N) is 1. The van der Waals surface area contributed by atoms with Crippen LogP contribution in [0.15, 0.2) is 24.3 Å². The molecular weight excluding hydrogens is 288 g/mol. The molecular formula is C14H18N4O4. The molecule has 0 aliphatic rings. The van der Waals surface area contributed by atoms with E-state index in [1.165, 1.54) is 19.9 Å². The van der Waals surface area contributed by atoms with Gasteiger partial charge >= 0.3 is 11.8 Å². The third-order valence-electron chi connectivity index (χ3n) is 2.61. The van der Waals surface area contributed by atoms with Crippen LogP contribution in [0.2, 0.25) is 0 Å². The molecule has 0 aliphatic heterocycles. The summed E-state index contributed by atoms with van der Waals surface area (Å²) >= 11 is 0. The van der Waals surface area contributed by atoms with E-state index < -0.39 is 17.7 Å². The summed E-state index contributed by atoms with van der Waals surface area (Å²) in [5.74, 6) is -2.76. The maximum absolute atomic E-state index is 11.9. The molecule has 0 heterocycles. The molecule has 0 radical (unpaired) electrons. The summed E-state index contributed by atoms with van der Waals surface area (Å²) in [4.78, 5) is 46.9. The topological polar surface area (TPSA) is 122 Å². The number of carbonyl (C=O) groups is 4. The first-order valence-corrected chi connectivity index (χ1v) is 6.56. The van der Waals surface area contributed by atoms with E-state index in [-0.39, 0.29) is 19.0 Å². The molecule has 0 unspecified atom stereocenters. The molecule has 0 saturated carbocycles. The predicted molar refractivity (Wildman–Crippen MR) is 80.8 cm³/mol. The molecule has 22 heavy (non-hydrogen) atoms. The molecule has 8 heteroatoms. The number of rotatable bonds is 4. The molecule has 1 rings (SSSR count). The molecule has 4 N–H and O–H groups in total. The summed E-state index contributed by atoms with van der Waals surface area (Å²) in [5, 5.41) is 4.93. The molecule has 0 saturated heterocycles. The molecule has 118 valence electrons. The minimum Gasteiger partial charge on any atom is -0.329 e. The van der Waals surface area contributed by atoms with Crippen LogP contribution < -0.4 is 16.4 Å². The average Bonchev–Trinajstić information content (AvgIpc) is 2.43. The van der Waals surface area contributed by atoms with E-state index in [0.717, 1.165) is 4.90 Å². The summed E-state index contributed by atoms with van der Waals surface area (Å²) in [6.45, 7) is 2.56. The van der Waals surface area contributed by atoms with Crippen molar-refractivity contribution >= 4 is 35.0 Å². The summed E-state index contributed by atoms with van der Waals surface area (Å²) in [7, 11) is 0. The maximum Gasteiger partial charge on any atom is 0.318 e. The van der Waals surface area contributed by atoms with Gasteiger partial charge in [-0.05, 0) is 18.2 Å². The normalized spacial score (nSPS) is 9.77.